The predicted molar refractivity (Wildman–Crippen MR) is 164 cm³/mol. The molecule has 0 spiro atoms. The summed E-state index contributed by atoms with van der Waals surface area (Å²) in [7, 11) is 0. The molecule has 6 nitrogen and oxygen atoms in total. The molecule has 0 saturated heterocycles. The third-order valence-electron chi connectivity index (χ3n) is 9.15. The summed E-state index contributed by atoms with van der Waals surface area (Å²) in [6.07, 6.45) is 12.3. The Bertz CT molecular complexity index is 1940. The van der Waals surface area contributed by atoms with Gasteiger partial charge in [-0.05, 0) is 50.7 Å². The second-order valence-corrected chi connectivity index (χ2v) is 11.6. The molecular weight excluding hydrogens is 504 g/mol. The Labute approximate surface area is 238 Å². The molecule has 1 fully saturated rings. The van der Waals surface area contributed by atoms with E-state index in [9.17, 15) is 0 Å². The first-order valence-corrected chi connectivity index (χ1v) is 14.8. The van der Waals surface area contributed by atoms with Gasteiger partial charge in [0.1, 0.15) is 16.9 Å². The molecule has 1 aliphatic rings. The first-order chi connectivity index (χ1) is 20.3. The smallest absolute Gasteiger partial charge is 0.113 e. The van der Waals surface area contributed by atoms with Crippen LogP contribution in [0.3, 0.4) is 0 Å². The van der Waals surface area contributed by atoms with Crippen molar-refractivity contribution in [1.29, 1.82) is 0 Å². The van der Waals surface area contributed by atoms with Crippen molar-refractivity contribution in [3.8, 4) is 11.3 Å². The topological polar surface area (TPSA) is 61.4 Å². The molecule has 202 valence electrons. The van der Waals surface area contributed by atoms with Crippen LogP contribution in [0, 0.1) is 0 Å². The Kier molecular flexibility index (Phi) is 5.80. The van der Waals surface area contributed by atoms with Crippen molar-refractivity contribution in [3.05, 3.63) is 109 Å². The third-order valence-corrected chi connectivity index (χ3v) is 9.15. The van der Waals surface area contributed by atoms with Gasteiger partial charge in [0.05, 0.1) is 18.9 Å². The molecule has 0 bridgehead atoms. The molecule has 41 heavy (non-hydrogen) atoms. The van der Waals surface area contributed by atoms with Gasteiger partial charge in [-0.1, -0.05) is 127 Å². The van der Waals surface area contributed by atoms with Crippen molar-refractivity contribution in [2.24, 2.45) is 0 Å². The van der Waals surface area contributed by atoms with E-state index in [0.717, 1.165) is 42.6 Å². The van der Waals surface area contributed by atoms with Crippen LogP contribution in [0.2, 0.25) is 0 Å². The lowest BCUT2D eigenvalue weighted by Crippen LogP contribution is -2.37. The van der Waals surface area contributed by atoms with Crippen LogP contribution in [0.1, 0.15) is 56.2 Å². The van der Waals surface area contributed by atoms with Gasteiger partial charge in [0, 0.05) is 5.56 Å². The molecular formula is C35H32N6. The molecule has 0 amide bonds. The van der Waals surface area contributed by atoms with Crippen molar-refractivity contribution >= 4 is 32.3 Å². The number of benzene rings is 5. The molecule has 0 atom stereocenters. The molecule has 2 aromatic heterocycles. The lowest BCUT2D eigenvalue weighted by atomic mass is 9.81. The monoisotopic (exact) mass is 536 g/mol. The molecule has 0 aliphatic heterocycles. The second kappa shape index (κ2) is 9.81. The summed E-state index contributed by atoms with van der Waals surface area (Å²) in [6, 6.07) is 30.3. The third kappa shape index (κ3) is 4.08. The molecule has 1 saturated carbocycles. The average molecular weight is 537 g/mol. The summed E-state index contributed by atoms with van der Waals surface area (Å²) in [5, 5.41) is 26.6. The predicted octanol–water partition coefficient (Wildman–Crippen LogP) is 7.97. The molecule has 1 aliphatic carbocycles. The molecule has 8 rings (SSSR count). The quantitative estimate of drug-likeness (QED) is 0.209. The maximum atomic E-state index is 4.82. The number of rotatable bonds is 5. The minimum Gasteiger partial charge on any atom is -0.248 e. The highest BCUT2D eigenvalue weighted by molar-refractivity contribution is 6.23. The van der Waals surface area contributed by atoms with Gasteiger partial charge in [0.2, 0.25) is 0 Å². The maximum absolute atomic E-state index is 4.82. The minimum absolute atomic E-state index is 0.346. The van der Waals surface area contributed by atoms with Crippen molar-refractivity contribution in [2.45, 2.75) is 57.0 Å². The fourth-order valence-electron chi connectivity index (χ4n) is 7.00. The zero-order valence-electron chi connectivity index (χ0n) is 23.1. The van der Waals surface area contributed by atoms with Gasteiger partial charge >= 0.3 is 0 Å². The normalized spacial score (nSPS) is 15.9. The molecule has 2 heterocycles. The number of nitrogens with zero attached hydrogens (tertiary/aromatic N) is 6. The van der Waals surface area contributed by atoms with E-state index in [4.69, 9.17) is 15.5 Å². The van der Waals surface area contributed by atoms with Crippen LogP contribution < -0.4 is 0 Å². The Morgan fingerprint density at radius 2 is 1.32 bits per heavy atom. The van der Waals surface area contributed by atoms with Crippen LogP contribution in [-0.4, -0.2) is 30.0 Å². The molecule has 0 N–H and O–H groups in total. The zero-order chi connectivity index (χ0) is 27.2. The van der Waals surface area contributed by atoms with Crippen LogP contribution >= 0.6 is 0 Å². The molecule has 7 aromatic rings. The van der Waals surface area contributed by atoms with Gasteiger partial charge in [-0.2, -0.15) is 0 Å². The molecule has 0 radical (unpaired) electrons. The van der Waals surface area contributed by atoms with E-state index >= 15 is 0 Å². The Morgan fingerprint density at radius 3 is 2.12 bits per heavy atom. The van der Waals surface area contributed by atoms with Crippen LogP contribution in [0.15, 0.2) is 97.3 Å². The summed E-state index contributed by atoms with van der Waals surface area (Å²) < 4.78 is 4.10. The summed E-state index contributed by atoms with van der Waals surface area (Å²) in [5.74, 6) is 0. The zero-order valence-corrected chi connectivity index (χ0v) is 23.1. The van der Waals surface area contributed by atoms with E-state index in [-0.39, 0.29) is 5.54 Å². The standard InChI is InChI=1S/C35H32N6/c1-2-7-20-35(21-8-3-1,41-23-31(36-39-41)25-10-5-4-6-11-25)32-24-40(38-37-32)22-29-17-16-28-15-14-26-12-9-13-27-18-19-30(29)34(28)33(26)27/h4-6,9-19,23-24H,1-3,7-8,20-22H2. The van der Waals surface area contributed by atoms with Gasteiger partial charge in [-0.3, -0.25) is 0 Å². The van der Waals surface area contributed by atoms with Crippen LogP contribution in [0.25, 0.3) is 43.6 Å². The Balaban J connectivity index is 1.19. The van der Waals surface area contributed by atoms with Crippen molar-refractivity contribution in [2.75, 3.05) is 0 Å². The minimum atomic E-state index is -0.346. The highest BCUT2D eigenvalue weighted by Crippen LogP contribution is 2.39. The fraction of sp³-hybridized carbons (Fsp3) is 0.257. The van der Waals surface area contributed by atoms with Crippen LogP contribution in [0.5, 0.6) is 0 Å². The highest BCUT2D eigenvalue weighted by atomic mass is 15.5. The Morgan fingerprint density at radius 1 is 0.610 bits per heavy atom. The summed E-state index contributed by atoms with van der Waals surface area (Å²) in [4.78, 5) is 0. The number of aromatic nitrogens is 6. The SMILES string of the molecule is c1ccc(-c2cn(C3(c4cn(Cc5ccc6ccc7cccc8ccc5c6c78)nn4)CCCCCCC3)nn2)cc1. The van der Waals surface area contributed by atoms with Crippen molar-refractivity contribution < 1.29 is 0 Å². The van der Waals surface area contributed by atoms with Crippen molar-refractivity contribution in [3.63, 3.8) is 0 Å². The van der Waals surface area contributed by atoms with E-state index in [1.165, 1.54) is 57.1 Å². The first-order valence-electron chi connectivity index (χ1n) is 14.8. The molecule has 0 unspecified atom stereocenters. The first kappa shape index (κ1) is 24.2. The van der Waals surface area contributed by atoms with Crippen molar-refractivity contribution in [1.82, 2.24) is 30.0 Å². The van der Waals surface area contributed by atoms with E-state index in [1.807, 2.05) is 22.9 Å². The van der Waals surface area contributed by atoms with Gasteiger partial charge in [-0.15, -0.1) is 10.2 Å². The van der Waals surface area contributed by atoms with Crippen LogP contribution in [0.4, 0.5) is 0 Å². The number of hydrogen-bond donors (Lipinski definition) is 0. The lowest BCUT2D eigenvalue weighted by molar-refractivity contribution is 0.232. The van der Waals surface area contributed by atoms with E-state index in [0.29, 0.717) is 6.54 Å². The maximum Gasteiger partial charge on any atom is 0.113 e. The van der Waals surface area contributed by atoms with Gasteiger partial charge in [-0.25, -0.2) is 9.36 Å². The summed E-state index contributed by atoms with van der Waals surface area (Å²) in [5.41, 5.74) is 3.87. The van der Waals surface area contributed by atoms with Gasteiger partial charge < -0.3 is 0 Å². The molecule has 5 aromatic carbocycles. The largest absolute Gasteiger partial charge is 0.248 e. The summed E-state index contributed by atoms with van der Waals surface area (Å²) in [6.45, 7) is 0.671. The summed E-state index contributed by atoms with van der Waals surface area (Å²) >= 11 is 0. The van der Waals surface area contributed by atoms with E-state index in [1.54, 1.807) is 0 Å². The average Bonchev–Trinajstić information content (AvgIpc) is 3.69. The molecule has 6 heteroatoms. The van der Waals surface area contributed by atoms with E-state index in [2.05, 4.69) is 88.9 Å². The number of hydrogen-bond acceptors (Lipinski definition) is 4. The van der Waals surface area contributed by atoms with E-state index < -0.39 is 0 Å². The second-order valence-electron chi connectivity index (χ2n) is 11.6. The van der Waals surface area contributed by atoms with Gasteiger partial charge in [0.25, 0.3) is 0 Å². The lowest BCUT2D eigenvalue weighted by Gasteiger charge is -2.33. The Hall–Kier alpha value is -4.58. The fourth-order valence-corrected chi connectivity index (χ4v) is 7.00. The van der Waals surface area contributed by atoms with Crippen LogP contribution in [-0.2, 0) is 12.1 Å². The van der Waals surface area contributed by atoms with Gasteiger partial charge in [0.15, 0.2) is 0 Å². The highest BCUT2D eigenvalue weighted by Gasteiger charge is 2.38.